The van der Waals surface area contributed by atoms with Crippen molar-refractivity contribution in [3.63, 3.8) is 0 Å². The third-order valence-electron chi connectivity index (χ3n) is 1.52. The number of anilines is 1. The van der Waals surface area contributed by atoms with Crippen molar-refractivity contribution in [2.75, 3.05) is 5.32 Å². The van der Waals surface area contributed by atoms with Crippen LogP contribution in [0.3, 0.4) is 0 Å². The van der Waals surface area contributed by atoms with Crippen molar-refractivity contribution in [2.45, 2.75) is 19.9 Å². The summed E-state index contributed by atoms with van der Waals surface area (Å²) < 4.78 is 0.989. The van der Waals surface area contributed by atoms with Crippen molar-refractivity contribution in [1.29, 1.82) is 0 Å². The van der Waals surface area contributed by atoms with Crippen molar-refractivity contribution < 1.29 is 0 Å². The quantitative estimate of drug-likeness (QED) is 0.776. The van der Waals surface area contributed by atoms with Gasteiger partial charge in [-0.15, -0.1) is 0 Å². The molecule has 0 aromatic heterocycles. The first kappa shape index (κ1) is 10.1. The SMILES string of the molecule is [C-]#[N+]c1ccc(Br)cc1NC(C)C. The van der Waals surface area contributed by atoms with E-state index in [1.807, 2.05) is 18.2 Å². The Morgan fingerprint density at radius 2 is 2.15 bits per heavy atom. The first-order chi connectivity index (χ1) is 6.13. The highest BCUT2D eigenvalue weighted by molar-refractivity contribution is 9.10. The van der Waals surface area contributed by atoms with Gasteiger partial charge in [0, 0.05) is 16.2 Å². The van der Waals surface area contributed by atoms with Crippen LogP contribution in [0.2, 0.25) is 0 Å². The molecule has 13 heavy (non-hydrogen) atoms. The largest absolute Gasteiger partial charge is 0.391 e. The Labute approximate surface area is 86.9 Å². The van der Waals surface area contributed by atoms with Gasteiger partial charge in [0.05, 0.1) is 6.57 Å². The maximum Gasteiger partial charge on any atom is 0.209 e. The van der Waals surface area contributed by atoms with E-state index in [1.54, 1.807) is 0 Å². The first-order valence-electron chi connectivity index (χ1n) is 4.07. The fraction of sp³-hybridized carbons (Fsp3) is 0.300. The average molecular weight is 239 g/mol. The van der Waals surface area contributed by atoms with Crippen LogP contribution in [0.4, 0.5) is 11.4 Å². The smallest absolute Gasteiger partial charge is 0.209 e. The summed E-state index contributed by atoms with van der Waals surface area (Å²) in [6, 6.07) is 5.95. The van der Waals surface area contributed by atoms with Crippen LogP contribution in [-0.2, 0) is 0 Å². The summed E-state index contributed by atoms with van der Waals surface area (Å²) in [7, 11) is 0. The molecule has 1 aromatic carbocycles. The molecular formula is C10H11BrN2. The summed E-state index contributed by atoms with van der Waals surface area (Å²) in [4.78, 5) is 3.43. The van der Waals surface area contributed by atoms with Gasteiger partial charge in [0.25, 0.3) is 0 Å². The molecule has 1 aromatic rings. The number of halogens is 1. The molecule has 0 spiro atoms. The molecule has 0 bridgehead atoms. The molecule has 0 saturated carbocycles. The van der Waals surface area contributed by atoms with Gasteiger partial charge in [-0.3, -0.25) is 0 Å². The molecule has 0 amide bonds. The van der Waals surface area contributed by atoms with Crippen LogP contribution in [-0.4, -0.2) is 6.04 Å². The highest BCUT2D eigenvalue weighted by Gasteiger charge is 2.03. The second-order valence-corrected chi connectivity index (χ2v) is 3.99. The normalized spacial score (nSPS) is 9.77. The van der Waals surface area contributed by atoms with E-state index >= 15 is 0 Å². The van der Waals surface area contributed by atoms with Gasteiger partial charge < -0.3 is 5.32 Å². The predicted molar refractivity (Wildman–Crippen MR) is 59.2 cm³/mol. The van der Waals surface area contributed by atoms with Crippen LogP contribution in [0, 0.1) is 6.57 Å². The van der Waals surface area contributed by atoms with Gasteiger partial charge in [0.15, 0.2) is 0 Å². The second kappa shape index (κ2) is 4.29. The van der Waals surface area contributed by atoms with Gasteiger partial charge in [-0.05, 0) is 19.9 Å². The van der Waals surface area contributed by atoms with Gasteiger partial charge in [0.2, 0.25) is 5.69 Å². The maximum atomic E-state index is 6.97. The van der Waals surface area contributed by atoms with E-state index in [2.05, 4.69) is 39.9 Å². The van der Waals surface area contributed by atoms with E-state index in [4.69, 9.17) is 6.57 Å². The Morgan fingerprint density at radius 1 is 1.46 bits per heavy atom. The van der Waals surface area contributed by atoms with Crippen molar-refractivity contribution in [3.05, 3.63) is 34.1 Å². The van der Waals surface area contributed by atoms with Crippen molar-refractivity contribution in [3.8, 4) is 0 Å². The summed E-state index contributed by atoms with van der Waals surface area (Å²) >= 11 is 3.37. The van der Waals surface area contributed by atoms with Gasteiger partial charge >= 0.3 is 0 Å². The fourth-order valence-electron chi connectivity index (χ4n) is 1.03. The topological polar surface area (TPSA) is 16.4 Å². The van der Waals surface area contributed by atoms with Gasteiger partial charge in [-0.1, -0.05) is 28.1 Å². The molecular weight excluding hydrogens is 228 g/mol. The molecule has 0 fully saturated rings. The zero-order valence-corrected chi connectivity index (χ0v) is 9.22. The van der Waals surface area contributed by atoms with Crippen LogP contribution in [0.5, 0.6) is 0 Å². The van der Waals surface area contributed by atoms with E-state index < -0.39 is 0 Å². The molecule has 0 aliphatic carbocycles. The number of rotatable bonds is 2. The summed E-state index contributed by atoms with van der Waals surface area (Å²) in [5, 5.41) is 3.22. The molecule has 0 atom stereocenters. The molecule has 0 saturated heterocycles. The second-order valence-electron chi connectivity index (χ2n) is 3.07. The van der Waals surface area contributed by atoms with E-state index in [0.29, 0.717) is 11.7 Å². The van der Waals surface area contributed by atoms with E-state index in [-0.39, 0.29) is 0 Å². The van der Waals surface area contributed by atoms with Crippen LogP contribution < -0.4 is 5.32 Å². The van der Waals surface area contributed by atoms with E-state index in [1.165, 1.54) is 0 Å². The molecule has 0 radical (unpaired) electrons. The summed E-state index contributed by atoms with van der Waals surface area (Å²) in [6.45, 7) is 11.1. The number of benzene rings is 1. The standard InChI is InChI=1S/C10H11BrN2/c1-7(2)13-10-6-8(11)4-5-9(10)12-3/h4-7,13H,1-2H3. The van der Waals surface area contributed by atoms with Crippen molar-refractivity contribution in [2.24, 2.45) is 0 Å². The lowest BCUT2D eigenvalue weighted by atomic mass is 10.2. The van der Waals surface area contributed by atoms with Crippen molar-refractivity contribution >= 4 is 27.3 Å². The first-order valence-corrected chi connectivity index (χ1v) is 4.86. The number of hydrogen-bond donors (Lipinski definition) is 1. The monoisotopic (exact) mass is 238 g/mol. The van der Waals surface area contributed by atoms with Crippen LogP contribution in [0.1, 0.15) is 13.8 Å². The minimum Gasteiger partial charge on any atom is -0.391 e. The lowest BCUT2D eigenvalue weighted by Gasteiger charge is -2.11. The Balaban J connectivity index is 3.03. The predicted octanol–water partition coefficient (Wildman–Crippen LogP) is 3.82. The van der Waals surface area contributed by atoms with Gasteiger partial charge in [0.1, 0.15) is 0 Å². The zero-order chi connectivity index (χ0) is 9.84. The number of hydrogen-bond acceptors (Lipinski definition) is 1. The van der Waals surface area contributed by atoms with Crippen LogP contribution in [0.15, 0.2) is 22.7 Å². The fourth-order valence-corrected chi connectivity index (χ4v) is 1.39. The summed E-state index contributed by atoms with van der Waals surface area (Å²) in [6.07, 6.45) is 0. The molecule has 0 unspecified atom stereocenters. The Bertz CT molecular complexity index is 339. The summed E-state index contributed by atoms with van der Waals surface area (Å²) in [5.74, 6) is 0. The molecule has 0 heterocycles. The lowest BCUT2D eigenvalue weighted by molar-refractivity contribution is 0.900. The molecule has 3 heteroatoms. The maximum absolute atomic E-state index is 6.97. The number of nitrogens with one attached hydrogen (secondary N) is 1. The van der Waals surface area contributed by atoms with Gasteiger partial charge in [-0.2, -0.15) is 0 Å². The molecule has 1 rings (SSSR count). The molecule has 0 aliphatic rings. The third-order valence-corrected chi connectivity index (χ3v) is 2.02. The minimum absolute atomic E-state index is 0.342. The van der Waals surface area contributed by atoms with Gasteiger partial charge in [-0.25, -0.2) is 4.85 Å². The van der Waals surface area contributed by atoms with Crippen molar-refractivity contribution in [1.82, 2.24) is 0 Å². The Morgan fingerprint density at radius 3 is 2.69 bits per heavy atom. The molecule has 68 valence electrons. The minimum atomic E-state index is 0.342. The van der Waals surface area contributed by atoms with E-state index in [0.717, 1.165) is 10.2 Å². The Hall–Kier alpha value is -1.01. The number of nitrogens with zero attached hydrogens (tertiary/aromatic N) is 1. The zero-order valence-electron chi connectivity index (χ0n) is 7.63. The van der Waals surface area contributed by atoms with Crippen LogP contribution >= 0.6 is 15.9 Å². The summed E-state index contributed by atoms with van der Waals surface area (Å²) in [5.41, 5.74) is 1.55. The van der Waals surface area contributed by atoms with Crippen LogP contribution in [0.25, 0.3) is 4.85 Å². The Kier molecular flexibility index (Phi) is 3.32. The average Bonchev–Trinajstić information content (AvgIpc) is 2.03. The molecule has 1 N–H and O–H groups in total. The molecule has 2 nitrogen and oxygen atoms in total. The van der Waals surface area contributed by atoms with E-state index in [9.17, 15) is 0 Å². The highest BCUT2D eigenvalue weighted by Crippen LogP contribution is 2.28. The lowest BCUT2D eigenvalue weighted by Crippen LogP contribution is -2.09. The highest BCUT2D eigenvalue weighted by atomic mass is 79.9. The third kappa shape index (κ3) is 2.74. The molecule has 0 aliphatic heterocycles.